The highest BCUT2D eigenvalue weighted by atomic mass is 31.2. The van der Waals surface area contributed by atoms with E-state index in [1.54, 1.807) is 0 Å². The summed E-state index contributed by atoms with van der Waals surface area (Å²) >= 11 is 0. The highest BCUT2D eigenvalue weighted by Gasteiger charge is 2.28. The van der Waals surface area contributed by atoms with Crippen LogP contribution in [0.4, 0.5) is 0 Å². The van der Waals surface area contributed by atoms with Gasteiger partial charge in [0.2, 0.25) is 5.91 Å². The van der Waals surface area contributed by atoms with E-state index in [9.17, 15) is 34.1 Å². The Hall–Kier alpha value is -3.08. The van der Waals surface area contributed by atoms with Crippen molar-refractivity contribution in [1.82, 2.24) is 5.32 Å². The molecule has 0 aromatic heterocycles. The number of carbonyl (C=O) groups excluding carboxylic acids is 2. The van der Waals surface area contributed by atoms with E-state index in [0.29, 0.717) is 12.8 Å². The van der Waals surface area contributed by atoms with Crippen molar-refractivity contribution in [1.29, 1.82) is 0 Å². The fourth-order valence-corrected chi connectivity index (χ4v) is 6.70. The lowest BCUT2D eigenvalue weighted by atomic mass is 10.1. The standard InChI is InChI=1S/C48H82NO10P/c1-3-5-7-9-11-13-15-17-19-21-22-24-25-27-29-31-33-35-37-39-46(51)49-45(48(53)54)43-59-60(55,56)58-42-44(50)41-57-47(52)40-38-36-34-32-30-28-26-23-20-18-16-14-12-10-8-6-4-2/h5,7,11,13,17-20,22,24,27,29,44-45,50H,3-4,6,8-10,12,14-16,21,23,25-26,28,30-43H2,1-2H3,(H,49,51)(H,53,54)(H,55,56)/b7-5-,13-11-,19-17-,20-18-,24-22-,29-27-. The van der Waals surface area contributed by atoms with Gasteiger partial charge in [0.05, 0.1) is 13.2 Å². The van der Waals surface area contributed by atoms with Gasteiger partial charge >= 0.3 is 19.8 Å². The molecule has 0 fully saturated rings. The predicted molar refractivity (Wildman–Crippen MR) is 244 cm³/mol. The molecule has 3 unspecified atom stereocenters. The average molecular weight is 864 g/mol. The number of aliphatic carboxylic acids is 1. The van der Waals surface area contributed by atoms with E-state index in [2.05, 4.69) is 92.1 Å². The Balaban J connectivity index is 3.96. The third-order valence-electron chi connectivity index (χ3n) is 9.48. The fourth-order valence-electron chi connectivity index (χ4n) is 5.92. The molecule has 0 bridgehead atoms. The average Bonchev–Trinajstić information content (AvgIpc) is 3.22. The third kappa shape index (κ3) is 41.6. The number of esters is 1. The van der Waals surface area contributed by atoms with Crippen molar-refractivity contribution >= 4 is 25.7 Å². The molecule has 11 nitrogen and oxygen atoms in total. The lowest BCUT2D eigenvalue weighted by molar-refractivity contribution is -0.147. The number of unbranched alkanes of at least 4 members (excludes halogenated alkanes) is 16. The topological polar surface area (TPSA) is 169 Å². The van der Waals surface area contributed by atoms with Gasteiger partial charge in [-0.1, -0.05) is 157 Å². The Morgan fingerprint density at radius 2 is 0.967 bits per heavy atom. The number of aliphatic hydroxyl groups excluding tert-OH is 1. The number of phosphoric ester groups is 1. The molecule has 0 radical (unpaired) electrons. The van der Waals surface area contributed by atoms with Crippen LogP contribution in [0.25, 0.3) is 0 Å². The molecule has 4 N–H and O–H groups in total. The monoisotopic (exact) mass is 864 g/mol. The maximum absolute atomic E-state index is 12.3. The first kappa shape index (κ1) is 56.9. The highest BCUT2D eigenvalue weighted by molar-refractivity contribution is 7.47. The lowest BCUT2D eigenvalue weighted by Crippen LogP contribution is -2.43. The van der Waals surface area contributed by atoms with E-state index >= 15 is 0 Å². The van der Waals surface area contributed by atoms with Gasteiger partial charge < -0.3 is 25.2 Å². The van der Waals surface area contributed by atoms with Crippen LogP contribution in [0.2, 0.25) is 0 Å². The zero-order valence-electron chi connectivity index (χ0n) is 37.2. The number of carboxylic acid groups (broad SMARTS) is 1. The van der Waals surface area contributed by atoms with Crippen LogP contribution in [-0.2, 0) is 32.7 Å². The number of hydrogen-bond acceptors (Lipinski definition) is 8. The number of aliphatic hydroxyl groups is 1. The van der Waals surface area contributed by atoms with Gasteiger partial charge in [-0.05, 0) is 83.5 Å². The Morgan fingerprint density at radius 1 is 0.550 bits per heavy atom. The number of amides is 1. The number of carboxylic acids is 1. The Bertz CT molecular complexity index is 1290. The van der Waals surface area contributed by atoms with Gasteiger partial charge in [0.1, 0.15) is 12.7 Å². The molecule has 0 saturated heterocycles. The van der Waals surface area contributed by atoms with E-state index in [4.69, 9.17) is 13.8 Å². The van der Waals surface area contributed by atoms with Crippen molar-refractivity contribution in [3.63, 3.8) is 0 Å². The molecule has 3 atom stereocenters. The number of ether oxygens (including phenoxy) is 1. The molecule has 0 aliphatic rings. The summed E-state index contributed by atoms with van der Waals surface area (Å²) < 4.78 is 26.9. The van der Waals surface area contributed by atoms with E-state index in [-0.39, 0.29) is 12.8 Å². The molecule has 1 amide bonds. The van der Waals surface area contributed by atoms with Gasteiger partial charge in [-0.15, -0.1) is 0 Å². The molecule has 0 aliphatic carbocycles. The Kier molecular flexibility index (Phi) is 40.4. The van der Waals surface area contributed by atoms with Gasteiger partial charge in [0.25, 0.3) is 0 Å². The van der Waals surface area contributed by atoms with E-state index < -0.39 is 57.6 Å². The minimum Gasteiger partial charge on any atom is -0.480 e. The van der Waals surface area contributed by atoms with Gasteiger partial charge in [-0.25, -0.2) is 9.36 Å². The summed E-state index contributed by atoms with van der Waals surface area (Å²) in [6.45, 7) is 2.44. The van der Waals surface area contributed by atoms with Crippen molar-refractivity contribution in [3.8, 4) is 0 Å². The molecule has 0 aliphatic heterocycles. The zero-order chi connectivity index (χ0) is 44.2. The maximum atomic E-state index is 12.3. The summed E-state index contributed by atoms with van der Waals surface area (Å²) in [4.78, 5) is 46.0. The van der Waals surface area contributed by atoms with Crippen LogP contribution in [0.1, 0.15) is 181 Å². The summed E-state index contributed by atoms with van der Waals surface area (Å²) in [5, 5.41) is 21.8. The number of carbonyl (C=O) groups is 3. The minimum atomic E-state index is -4.77. The maximum Gasteiger partial charge on any atom is 0.472 e. The first-order valence-electron chi connectivity index (χ1n) is 23.0. The first-order chi connectivity index (χ1) is 29.1. The van der Waals surface area contributed by atoms with Crippen molar-refractivity contribution in [3.05, 3.63) is 72.9 Å². The second kappa shape index (κ2) is 42.6. The number of hydrogen-bond donors (Lipinski definition) is 4. The molecular weight excluding hydrogens is 781 g/mol. The van der Waals surface area contributed by atoms with Crippen LogP contribution < -0.4 is 5.32 Å². The lowest BCUT2D eigenvalue weighted by Gasteiger charge is -2.18. The minimum absolute atomic E-state index is 0.103. The van der Waals surface area contributed by atoms with Gasteiger partial charge in [-0.2, -0.15) is 0 Å². The van der Waals surface area contributed by atoms with Crippen LogP contribution in [0.5, 0.6) is 0 Å². The van der Waals surface area contributed by atoms with E-state index in [1.807, 2.05) is 0 Å². The molecule has 0 spiro atoms. The summed E-state index contributed by atoms with van der Waals surface area (Å²) in [6.07, 6.45) is 50.6. The molecule has 0 aromatic carbocycles. The fraction of sp³-hybridized carbons (Fsp3) is 0.688. The highest BCUT2D eigenvalue weighted by Crippen LogP contribution is 2.43. The number of phosphoric acid groups is 1. The molecule has 0 heterocycles. The Labute approximate surface area is 363 Å². The van der Waals surface area contributed by atoms with Gasteiger partial charge in [0, 0.05) is 12.8 Å². The summed E-state index contributed by atoms with van der Waals surface area (Å²) in [7, 11) is -4.77. The van der Waals surface area contributed by atoms with Crippen LogP contribution in [0, 0.1) is 0 Å². The summed E-state index contributed by atoms with van der Waals surface area (Å²) in [5.41, 5.74) is 0. The van der Waals surface area contributed by atoms with Crippen LogP contribution in [-0.4, -0.2) is 64.9 Å². The van der Waals surface area contributed by atoms with Crippen LogP contribution in [0.15, 0.2) is 72.9 Å². The summed E-state index contributed by atoms with van der Waals surface area (Å²) in [6, 6.07) is -1.57. The van der Waals surface area contributed by atoms with Gasteiger partial charge in [0.15, 0.2) is 6.04 Å². The van der Waals surface area contributed by atoms with Crippen molar-refractivity contribution in [2.75, 3.05) is 19.8 Å². The molecule has 0 rings (SSSR count). The van der Waals surface area contributed by atoms with Crippen LogP contribution >= 0.6 is 7.82 Å². The predicted octanol–water partition coefficient (Wildman–Crippen LogP) is 12.1. The van der Waals surface area contributed by atoms with Crippen molar-refractivity contribution < 1.29 is 47.8 Å². The number of rotatable bonds is 42. The molecule has 344 valence electrons. The second-order valence-corrected chi connectivity index (χ2v) is 16.7. The Morgan fingerprint density at radius 3 is 1.48 bits per heavy atom. The first-order valence-corrected chi connectivity index (χ1v) is 24.5. The summed E-state index contributed by atoms with van der Waals surface area (Å²) in [5.74, 6) is -2.43. The number of nitrogens with one attached hydrogen (secondary N) is 1. The van der Waals surface area contributed by atoms with Crippen molar-refractivity contribution in [2.45, 2.75) is 193 Å². The second-order valence-electron chi connectivity index (χ2n) is 15.2. The smallest absolute Gasteiger partial charge is 0.472 e. The molecule has 0 saturated carbocycles. The van der Waals surface area contributed by atoms with E-state index in [0.717, 1.165) is 77.0 Å². The SMILES string of the molecule is CC/C=C\C/C=C\C/C=C\C/C=C\C/C=C\CCCCCC(=O)NC(COP(=O)(O)OCC(O)COC(=O)CCCCCCCCC/C=C\CCCCCCCC)C(=O)O. The van der Waals surface area contributed by atoms with Gasteiger partial charge in [-0.3, -0.25) is 18.6 Å². The van der Waals surface area contributed by atoms with Crippen LogP contribution in [0.3, 0.4) is 0 Å². The zero-order valence-corrected chi connectivity index (χ0v) is 38.1. The molecule has 0 aromatic rings. The number of allylic oxidation sites excluding steroid dienone is 12. The molecule has 60 heavy (non-hydrogen) atoms. The molecule has 12 heteroatoms. The quantitative estimate of drug-likeness (QED) is 0.0201. The van der Waals surface area contributed by atoms with E-state index in [1.165, 1.54) is 64.2 Å². The largest absolute Gasteiger partial charge is 0.480 e. The normalized spacial score (nSPS) is 14.3. The third-order valence-corrected chi connectivity index (χ3v) is 10.4. The van der Waals surface area contributed by atoms with Crippen molar-refractivity contribution in [2.24, 2.45) is 0 Å². The molecular formula is C48H82NO10P.